The number of ether oxygens (including phenoxy) is 3. The van der Waals surface area contributed by atoms with E-state index < -0.39 is 0 Å². The molecule has 0 saturated carbocycles. The molecule has 0 radical (unpaired) electrons. The summed E-state index contributed by atoms with van der Waals surface area (Å²) in [6.07, 6.45) is 1.66. The van der Waals surface area contributed by atoms with Crippen molar-refractivity contribution >= 4 is 33.0 Å². The predicted octanol–water partition coefficient (Wildman–Crippen LogP) is 5.65. The van der Waals surface area contributed by atoms with Gasteiger partial charge < -0.3 is 14.2 Å². The molecule has 35 heavy (non-hydrogen) atoms. The molecule has 0 fully saturated rings. The smallest absolute Gasteiger partial charge is 0.282 e. The van der Waals surface area contributed by atoms with Gasteiger partial charge in [-0.2, -0.15) is 9.78 Å². The maximum Gasteiger partial charge on any atom is 0.282 e. The summed E-state index contributed by atoms with van der Waals surface area (Å²) in [7, 11) is 0. The van der Waals surface area contributed by atoms with E-state index in [9.17, 15) is 4.79 Å². The molecule has 178 valence electrons. The summed E-state index contributed by atoms with van der Waals surface area (Å²) in [6, 6.07) is 18.8. The van der Waals surface area contributed by atoms with Gasteiger partial charge in [0.15, 0.2) is 11.5 Å². The summed E-state index contributed by atoms with van der Waals surface area (Å²) in [4.78, 5) is 18.0. The summed E-state index contributed by atoms with van der Waals surface area (Å²) < 4.78 is 18.9. The first-order chi connectivity index (χ1) is 16.8. The minimum atomic E-state index is -0.371. The van der Waals surface area contributed by atoms with Crippen LogP contribution in [-0.2, 0) is 12.0 Å². The number of rotatable bonds is 5. The lowest BCUT2D eigenvalue weighted by Gasteiger charge is -2.20. The average molecular weight is 534 g/mol. The van der Waals surface area contributed by atoms with Crippen molar-refractivity contribution in [3.63, 3.8) is 0 Å². The summed E-state index contributed by atoms with van der Waals surface area (Å²) in [5, 5.41) is 5.02. The molecule has 5 rings (SSSR count). The van der Waals surface area contributed by atoms with E-state index in [-0.39, 0.29) is 17.8 Å². The Morgan fingerprint density at radius 3 is 2.60 bits per heavy atom. The predicted molar refractivity (Wildman–Crippen MR) is 139 cm³/mol. The Morgan fingerprint density at radius 2 is 1.83 bits per heavy atom. The average Bonchev–Trinajstić information content (AvgIpc) is 3.30. The molecule has 1 aliphatic rings. The highest BCUT2D eigenvalue weighted by atomic mass is 79.9. The number of hydrogen-bond acceptors (Lipinski definition) is 6. The minimum absolute atomic E-state index is 0.207. The largest absolute Gasteiger partial charge is 0.489 e. The van der Waals surface area contributed by atoms with Crippen LogP contribution < -0.4 is 19.8 Å². The van der Waals surface area contributed by atoms with Crippen LogP contribution in [0.4, 0.5) is 0 Å². The van der Waals surface area contributed by atoms with Crippen molar-refractivity contribution in [2.45, 2.75) is 32.8 Å². The third kappa shape index (κ3) is 4.93. The molecule has 0 bridgehead atoms. The molecule has 3 aromatic carbocycles. The second kappa shape index (κ2) is 9.19. The fraction of sp³-hybridized carbons (Fsp3) is 0.222. The zero-order valence-corrected chi connectivity index (χ0v) is 21.2. The highest BCUT2D eigenvalue weighted by Crippen LogP contribution is 2.32. The van der Waals surface area contributed by atoms with Crippen molar-refractivity contribution in [1.82, 2.24) is 9.66 Å². The molecule has 0 N–H and O–H groups in total. The Morgan fingerprint density at radius 1 is 1.06 bits per heavy atom. The summed E-state index contributed by atoms with van der Waals surface area (Å²) in [6.45, 7) is 6.69. The molecule has 0 atom stereocenters. The first-order valence-electron chi connectivity index (χ1n) is 11.2. The van der Waals surface area contributed by atoms with Crippen molar-refractivity contribution in [1.29, 1.82) is 0 Å². The lowest BCUT2D eigenvalue weighted by atomic mass is 9.95. The zero-order valence-electron chi connectivity index (χ0n) is 19.6. The van der Waals surface area contributed by atoms with Crippen LogP contribution in [0.15, 0.2) is 75.0 Å². The number of nitrogens with zero attached hydrogens (tertiary/aromatic N) is 3. The number of benzene rings is 3. The number of fused-ring (bicyclic) bond motifs is 2. The topological polar surface area (TPSA) is 74.9 Å². The van der Waals surface area contributed by atoms with Crippen LogP contribution in [0.5, 0.6) is 17.2 Å². The third-order valence-corrected chi connectivity index (χ3v) is 6.02. The zero-order chi connectivity index (χ0) is 24.6. The highest BCUT2D eigenvalue weighted by molar-refractivity contribution is 9.10. The van der Waals surface area contributed by atoms with Gasteiger partial charge >= 0.3 is 0 Å². The Bertz CT molecular complexity index is 1490. The highest BCUT2D eigenvalue weighted by Gasteiger charge is 2.23. The first kappa shape index (κ1) is 23.1. The van der Waals surface area contributed by atoms with E-state index in [1.54, 1.807) is 12.3 Å². The van der Waals surface area contributed by atoms with Gasteiger partial charge in [0.2, 0.25) is 6.79 Å². The maximum absolute atomic E-state index is 13.3. The Hall–Kier alpha value is -3.65. The van der Waals surface area contributed by atoms with E-state index >= 15 is 0 Å². The fourth-order valence-electron chi connectivity index (χ4n) is 3.71. The van der Waals surface area contributed by atoms with Crippen molar-refractivity contribution in [2.24, 2.45) is 5.10 Å². The van der Waals surface area contributed by atoms with E-state index in [1.165, 1.54) is 4.68 Å². The molecule has 0 spiro atoms. The van der Waals surface area contributed by atoms with Gasteiger partial charge in [-0.05, 0) is 65.7 Å². The van der Waals surface area contributed by atoms with Gasteiger partial charge in [-0.3, -0.25) is 4.79 Å². The normalized spacial score (nSPS) is 13.0. The summed E-state index contributed by atoms with van der Waals surface area (Å²) in [5.41, 5.74) is 1.90. The van der Waals surface area contributed by atoms with Crippen LogP contribution in [0, 0.1) is 0 Å². The van der Waals surface area contributed by atoms with E-state index in [0.29, 0.717) is 23.3 Å². The Kier molecular flexibility index (Phi) is 6.06. The monoisotopic (exact) mass is 533 g/mol. The molecular weight excluding hydrogens is 510 g/mol. The molecule has 0 unspecified atom stereocenters. The van der Waals surface area contributed by atoms with Crippen molar-refractivity contribution in [3.05, 3.63) is 92.4 Å². The molecule has 0 amide bonds. The Labute approximate surface area is 211 Å². The van der Waals surface area contributed by atoms with Gasteiger partial charge in [-0.1, -0.05) is 42.8 Å². The number of halogens is 1. The van der Waals surface area contributed by atoms with Gasteiger partial charge in [0.1, 0.15) is 18.2 Å². The first-order valence-corrected chi connectivity index (χ1v) is 12.0. The van der Waals surface area contributed by atoms with Gasteiger partial charge in [0.25, 0.3) is 5.56 Å². The summed E-state index contributed by atoms with van der Waals surface area (Å²) in [5.74, 6) is 2.81. The van der Waals surface area contributed by atoms with Gasteiger partial charge in [-0.15, -0.1) is 0 Å². The second-order valence-electron chi connectivity index (χ2n) is 9.25. The number of hydrogen-bond donors (Lipinski definition) is 0. The molecule has 0 aliphatic carbocycles. The molecule has 4 aromatic rings. The molecule has 1 aromatic heterocycles. The van der Waals surface area contributed by atoms with Crippen molar-refractivity contribution in [3.8, 4) is 17.2 Å². The van der Waals surface area contributed by atoms with Crippen molar-refractivity contribution in [2.75, 3.05) is 6.79 Å². The van der Waals surface area contributed by atoms with E-state index in [4.69, 9.17) is 19.2 Å². The molecule has 1 aliphatic heterocycles. The third-order valence-electron chi connectivity index (χ3n) is 5.52. The van der Waals surface area contributed by atoms with Crippen LogP contribution >= 0.6 is 15.9 Å². The van der Waals surface area contributed by atoms with E-state index in [2.05, 4.69) is 21.0 Å². The van der Waals surface area contributed by atoms with E-state index in [0.717, 1.165) is 32.8 Å². The standard InChI is InChI=1S/C27H24BrN3O4/c1-27(2,3)26-30-22-10-7-19(28)13-21(22)25(32)31(26)29-14-17-4-8-20(9-5-17)33-15-18-6-11-23-24(12-18)35-16-34-23/h4-14H,15-16H2,1-3H3. The quantitative estimate of drug-likeness (QED) is 0.310. The van der Waals surface area contributed by atoms with Crippen molar-refractivity contribution < 1.29 is 14.2 Å². The molecular formula is C27H24BrN3O4. The molecule has 0 saturated heterocycles. The lowest BCUT2D eigenvalue weighted by molar-refractivity contribution is 0.174. The van der Waals surface area contributed by atoms with Crippen LogP contribution in [0.25, 0.3) is 10.9 Å². The van der Waals surface area contributed by atoms with Gasteiger partial charge in [0.05, 0.1) is 17.1 Å². The van der Waals surface area contributed by atoms with E-state index in [1.807, 2.05) is 75.4 Å². The maximum atomic E-state index is 13.3. The molecule has 7 nitrogen and oxygen atoms in total. The molecule has 8 heteroatoms. The van der Waals surface area contributed by atoms with Crippen LogP contribution in [0.3, 0.4) is 0 Å². The number of aromatic nitrogens is 2. The molecule has 2 heterocycles. The van der Waals surface area contributed by atoms with Gasteiger partial charge in [0, 0.05) is 9.89 Å². The fourth-order valence-corrected chi connectivity index (χ4v) is 4.07. The van der Waals surface area contributed by atoms with Crippen LogP contribution in [0.2, 0.25) is 0 Å². The minimum Gasteiger partial charge on any atom is -0.489 e. The lowest BCUT2D eigenvalue weighted by Crippen LogP contribution is -2.29. The second-order valence-corrected chi connectivity index (χ2v) is 10.2. The van der Waals surface area contributed by atoms with Gasteiger partial charge in [-0.25, -0.2) is 4.98 Å². The Balaban J connectivity index is 1.36. The SMILES string of the molecule is CC(C)(C)c1nc2ccc(Br)cc2c(=O)n1N=Cc1ccc(OCc2ccc3c(c2)OCO3)cc1. The van der Waals surface area contributed by atoms with Crippen LogP contribution in [0.1, 0.15) is 37.7 Å². The summed E-state index contributed by atoms with van der Waals surface area (Å²) >= 11 is 3.43. The van der Waals surface area contributed by atoms with Crippen LogP contribution in [-0.4, -0.2) is 22.7 Å².